The Morgan fingerprint density at radius 2 is 0.826 bits per heavy atom. The summed E-state index contributed by atoms with van der Waals surface area (Å²) in [7, 11) is 0. The van der Waals surface area contributed by atoms with Crippen molar-refractivity contribution in [1.29, 1.82) is 0 Å². The Hall–Kier alpha value is 1.74. The van der Waals surface area contributed by atoms with E-state index in [1.54, 1.807) is 0 Å². The summed E-state index contributed by atoms with van der Waals surface area (Å²) in [5.41, 5.74) is -0.382. The molecular weight excluding hydrogens is 458 g/mol. The van der Waals surface area contributed by atoms with E-state index in [4.69, 9.17) is 0 Å². The van der Waals surface area contributed by atoms with Crippen LogP contribution in [0.5, 0.6) is 0 Å². The van der Waals surface area contributed by atoms with Gasteiger partial charge in [0.15, 0.2) is 0 Å². The topological polar surface area (TPSA) is 40.5 Å². The van der Waals surface area contributed by atoms with Crippen LogP contribution in [0, 0.1) is 5.41 Å². The van der Waals surface area contributed by atoms with Crippen molar-refractivity contribution in [3.8, 4) is 0 Å². The zero-order valence-electron chi connectivity index (χ0n) is 16.1. The first-order valence-electron chi connectivity index (χ1n) is 9.16. The SMILES string of the molecule is CCP(Br)(CC)(CC)CC(CO)(CO)CP(Br)(CC)(CC)CC. The van der Waals surface area contributed by atoms with Gasteiger partial charge in [0, 0.05) is 0 Å². The van der Waals surface area contributed by atoms with Crippen LogP contribution in [0.1, 0.15) is 41.5 Å². The summed E-state index contributed by atoms with van der Waals surface area (Å²) in [4.78, 5) is 0. The van der Waals surface area contributed by atoms with Crippen molar-refractivity contribution in [2.75, 3.05) is 62.5 Å². The molecule has 2 nitrogen and oxygen atoms in total. The van der Waals surface area contributed by atoms with Crippen molar-refractivity contribution < 1.29 is 10.2 Å². The van der Waals surface area contributed by atoms with Gasteiger partial charge >= 0.3 is 161 Å². The number of aliphatic hydroxyl groups is 2. The number of hydrogen-bond acceptors (Lipinski definition) is 2. The average Bonchev–Trinajstić information content (AvgIpc) is 2.61. The van der Waals surface area contributed by atoms with E-state index < -0.39 is 10.6 Å². The van der Waals surface area contributed by atoms with E-state index in [0.29, 0.717) is 0 Å². The van der Waals surface area contributed by atoms with Crippen LogP contribution in [0.15, 0.2) is 0 Å². The Morgan fingerprint density at radius 3 is 0.957 bits per heavy atom. The molecule has 0 amide bonds. The van der Waals surface area contributed by atoms with E-state index in [1.807, 2.05) is 0 Å². The Morgan fingerprint density at radius 1 is 0.609 bits per heavy atom. The maximum atomic E-state index is 10.3. The van der Waals surface area contributed by atoms with E-state index in [0.717, 1.165) is 49.3 Å². The molecule has 0 saturated heterocycles. The van der Waals surface area contributed by atoms with Crippen LogP contribution in [0.2, 0.25) is 0 Å². The zero-order chi connectivity index (χ0) is 18.5. The standard InChI is InChI=1S/C17H40Br2O2P2/c1-7-22(18,8-2,9-3)15-17(13-20,14-21)16-23(19,10-4,11-5)12-6/h20-21H,7-16H2,1-6H3. The van der Waals surface area contributed by atoms with Gasteiger partial charge in [0.2, 0.25) is 0 Å². The molecule has 0 bridgehead atoms. The van der Waals surface area contributed by atoms with Gasteiger partial charge in [-0.05, 0) is 0 Å². The van der Waals surface area contributed by atoms with Gasteiger partial charge in [0.1, 0.15) is 0 Å². The van der Waals surface area contributed by atoms with E-state index in [2.05, 4.69) is 72.5 Å². The van der Waals surface area contributed by atoms with E-state index >= 15 is 0 Å². The molecule has 0 rings (SSSR count). The number of rotatable bonds is 12. The molecule has 0 unspecified atom stereocenters. The van der Waals surface area contributed by atoms with Crippen LogP contribution in [-0.4, -0.2) is 72.7 Å². The first-order valence-corrected chi connectivity index (χ1v) is 19.1. The van der Waals surface area contributed by atoms with Crippen molar-refractivity contribution in [2.24, 2.45) is 5.41 Å². The van der Waals surface area contributed by atoms with E-state index in [-0.39, 0.29) is 18.6 Å². The number of hydrogen-bond donors (Lipinski definition) is 2. The molecule has 0 aromatic carbocycles. The Bertz CT molecular complexity index is 325. The Kier molecular flexibility index (Phi) is 9.27. The fraction of sp³-hybridized carbons (Fsp3) is 1.00. The van der Waals surface area contributed by atoms with Gasteiger partial charge in [-0.3, -0.25) is 0 Å². The molecule has 0 aromatic heterocycles. The minimum atomic E-state index is -2.06. The summed E-state index contributed by atoms with van der Waals surface area (Å²) in [6, 6.07) is 0. The second-order valence-corrected chi connectivity index (χ2v) is 31.4. The molecule has 6 heteroatoms. The summed E-state index contributed by atoms with van der Waals surface area (Å²) in [5.74, 6) is 0. The van der Waals surface area contributed by atoms with Gasteiger partial charge in [-0.1, -0.05) is 0 Å². The quantitative estimate of drug-likeness (QED) is 0.334. The van der Waals surface area contributed by atoms with Crippen molar-refractivity contribution in [1.82, 2.24) is 0 Å². The van der Waals surface area contributed by atoms with Crippen molar-refractivity contribution in [3.63, 3.8) is 0 Å². The third-order valence-electron chi connectivity index (χ3n) is 6.87. The second-order valence-electron chi connectivity index (χ2n) is 7.67. The normalized spacial score (nSPS) is 17.3. The van der Waals surface area contributed by atoms with Crippen LogP contribution < -0.4 is 0 Å². The minimum absolute atomic E-state index is 0.0799. The molecule has 0 aliphatic carbocycles. The first kappa shape index (κ1) is 24.7. The van der Waals surface area contributed by atoms with Crippen molar-refractivity contribution >= 4 is 41.6 Å². The van der Waals surface area contributed by atoms with Gasteiger partial charge < -0.3 is 0 Å². The van der Waals surface area contributed by atoms with Gasteiger partial charge in [0.25, 0.3) is 0 Å². The molecule has 0 aliphatic rings. The van der Waals surface area contributed by atoms with E-state index in [9.17, 15) is 10.2 Å². The van der Waals surface area contributed by atoms with Crippen LogP contribution in [0.3, 0.4) is 0 Å². The second kappa shape index (κ2) is 8.62. The predicted molar refractivity (Wildman–Crippen MR) is 121 cm³/mol. The summed E-state index contributed by atoms with van der Waals surface area (Å²) >= 11 is 8.41. The number of halogens is 2. The van der Waals surface area contributed by atoms with Crippen molar-refractivity contribution in [3.05, 3.63) is 0 Å². The van der Waals surface area contributed by atoms with Crippen LogP contribution in [-0.2, 0) is 0 Å². The molecule has 0 atom stereocenters. The molecule has 2 N–H and O–H groups in total. The maximum absolute atomic E-state index is 10.3. The van der Waals surface area contributed by atoms with Gasteiger partial charge in [-0.25, -0.2) is 0 Å². The molecular formula is C17H40Br2O2P2. The summed E-state index contributed by atoms with van der Waals surface area (Å²) in [5, 5.41) is 16.6. The molecule has 0 saturated carbocycles. The van der Waals surface area contributed by atoms with Crippen molar-refractivity contribution in [2.45, 2.75) is 41.5 Å². The molecule has 0 heterocycles. The molecule has 0 aromatic rings. The third kappa shape index (κ3) is 5.36. The van der Waals surface area contributed by atoms with Gasteiger partial charge in [0.05, 0.1) is 0 Å². The third-order valence-corrected chi connectivity index (χ3v) is 29.8. The predicted octanol–water partition coefficient (Wildman–Crippen LogP) is 5.80. The van der Waals surface area contributed by atoms with Gasteiger partial charge in [-0.2, -0.15) is 0 Å². The summed E-state index contributed by atoms with van der Waals surface area (Å²) in [6.07, 6.45) is 8.65. The fourth-order valence-corrected chi connectivity index (χ4v) is 15.4. The fourth-order valence-electron chi connectivity index (χ4n) is 3.99. The van der Waals surface area contributed by atoms with Crippen LogP contribution >= 0.6 is 41.6 Å². The van der Waals surface area contributed by atoms with E-state index in [1.165, 1.54) is 0 Å². The van der Waals surface area contributed by atoms with Crippen LogP contribution in [0.4, 0.5) is 0 Å². The average molecular weight is 498 g/mol. The molecule has 0 fully saturated rings. The van der Waals surface area contributed by atoms with Crippen LogP contribution in [0.25, 0.3) is 0 Å². The zero-order valence-corrected chi connectivity index (χ0v) is 21.1. The molecule has 0 aliphatic heterocycles. The Labute approximate surface area is 160 Å². The molecule has 23 heavy (non-hydrogen) atoms. The molecule has 144 valence electrons. The monoisotopic (exact) mass is 496 g/mol. The Balaban J connectivity index is 5.96. The molecule has 0 spiro atoms. The van der Waals surface area contributed by atoms with Gasteiger partial charge in [-0.15, -0.1) is 0 Å². The summed E-state index contributed by atoms with van der Waals surface area (Å²) in [6.45, 7) is 13.8. The molecule has 0 radical (unpaired) electrons. The summed E-state index contributed by atoms with van der Waals surface area (Å²) < 4.78 is 0. The number of aliphatic hydroxyl groups excluding tert-OH is 2. The first-order chi connectivity index (χ1) is 10.5.